The molecule has 1 heterocycles. The molecule has 2 N–H and O–H groups in total. The number of carbonyl (C=O) groups excluding carboxylic acids is 1. The minimum Gasteiger partial charge on any atom is -0.465 e. The lowest BCUT2D eigenvalue weighted by molar-refractivity contribution is -0.143. The molecule has 9 nitrogen and oxygen atoms in total. The third-order valence-electron chi connectivity index (χ3n) is 2.49. The predicted molar refractivity (Wildman–Crippen MR) is 73.4 cm³/mol. The highest BCUT2D eigenvalue weighted by Crippen LogP contribution is 2.10. The van der Waals surface area contributed by atoms with Gasteiger partial charge in [-0.1, -0.05) is 6.92 Å². The van der Waals surface area contributed by atoms with Crippen LogP contribution in [0.15, 0.2) is 20.7 Å². The van der Waals surface area contributed by atoms with Crippen LogP contribution in [0, 0.1) is 0 Å². The first kappa shape index (κ1) is 17.1. The second-order valence-electron chi connectivity index (χ2n) is 4.08. The molecule has 0 saturated heterocycles. The molecule has 0 unspecified atom stereocenters. The Morgan fingerprint density at radius 2 is 2.00 bits per heavy atom. The van der Waals surface area contributed by atoms with Gasteiger partial charge in [0.15, 0.2) is 4.90 Å². The summed E-state index contributed by atoms with van der Waals surface area (Å²) in [4.78, 5) is 37.3. The quantitative estimate of drug-likeness (QED) is 0.622. The van der Waals surface area contributed by atoms with Crippen molar-refractivity contribution < 1.29 is 17.9 Å². The second kappa shape index (κ2) is 7.18. The Kier molecular flexibility index (Phi) is 5.85. The molecule has 0 atom stereocenters. The molecule has 0 aliphatic heterocycles. The van der Waals surface area contributed by atoms with Crippen LogP contribution in [-0.4, -0.2) is 48.4 Å². The van der Waals surface area contributed by atoms with Crippen molar-refractivity contribution in [1.29, 1.82) is 0 Å². The number of rotatable bonds is 7. The van der Waals surface area contributed by atoms with E-state index >= 15 is 0 Å². The van der Waals surface area contributed by atoms with Crippen LogP contribution in [0.5, 0.6) is 0 Å². The van der Waals surface area contributed by atoms with Gasteiger partial charge in [-0.25, -0.2) is 13.2 Å². The van der Waals surface area contributed by atoms with E-state index < -0.39 is 38.7 Å². The lowest BCUT2D eigenvalue weighted by Crippen LogP contribution is -2.40. The summed E-state index contributed by atoms with van der Waals surface area (Å²) in [5.41, 5.74) is -1.85. The van der Waals surface area contributed by atoms with Gasteiger partial charge in [-0.15, -0.1) is 0 Å². The summed E-state index contributed by atoms with van der Waals surface area (Å²) < 4.78 is 30.3. The van der Waals surface area contributed by atoms with Crippen molar-refractivity contribution in [3.8, 4) is 0 Å². The highest BCUT2D eigenvalue weighted by Gasteiger charge is 2.29. The van der Waals surface area contributed by atoms with Crippen molar-refractivity contribution in [3.63, 3.8) is 0 Å². The van der Waals surface area contributed by atoms with Crippen LogP contribution in [0.1, 0.15) is 20.3 Å². The Labute approximate surface area is 121 Å². The topological polar surface area (TPSA) is 129 Å². The first-order chi connectivity index (χ1) is 9.82. The first-order valence-corrected chi connectivity index (χ1v) is 7.74. The van der Waals surface area contributed by atoms with E-state index in [4.69, 9.17) is 4.74 Å². The molecule has 0 radical (unpaired) electrons. The van der Waals surface area contributed by atoms with Crippen molar-refractivity contribution in [2.24, 2.45) is 0 Å². The average molecular weight is 319 g/mol. The van der Waals surface area contributed by atoms with Gasteiger partial charge >= 0.3 is 11.7 Å². The number of hydrogen-bond donors (Lipinski definition) is 2. The fraction of sp³-hybridized carbons (Fsp3) is 0.545. The molecule has 0 aromatic carbocycles. The second-order valence-corrected chi connectivity index (χ2v) is 5.99. The smallest absolute Gasteiger partial charge is 0.325 e. The Hall–Kier alpha value is -1.94. The number of H-pyrrole nitrogens is 2. The Morgan fingerprint density at radius 3 is 2.52 bits per heavy atom. The number of aromatic nitrogens is 2. The number of nitrogens with one attached hydrogen (secondary N) is 2. The van der Waals surface area contributed by atoms with Crippen LogP contribution in [0.25, 0.3) is 0 Å². The minimum absolute atomic E-state index is 0.0414. The molecule has 0 amide bonds. The number of carbonyl (C=O) groups is 1. The summed E-state index contributed by atoms with van der Waals surface area (Å²) in [5, 5.41) is 0. The zero-order valence-electron chi connectivity index (χ0n) is 11.7. The van der Waals surface area contributed by atoms with E-state index in [0.29, 0.717) is 6.42 Å². The van der Waals surface area contributed by atoms with E-state index in [1.165, 1.54) is 0 Å². The zero-order valence-corrected chi connectivity index (χ0v) is 12.5. The number of esters is 1. The molecule has 0 spiro atoms. The van der Waals surface area contributed by atoms with Crippen molar-refractivity contribution in [1.82, 2.24) is 14.3 Å². The molecule has 1 rings (SSSR count). The van der Waals surface area contributed by atoms with E-state index in [9.17, 15) is 22.8 Å². The highest BCUT2D eigenvalue weighted by molar-refractivity contribution is 7.89. The first-order valence-electron chi connectivity index (χ1n) is 6.30. The van der Waals surface area contributed by atoms with Crippen molar-refractivity contribution in [3.05, 3.63) is 27.0 Å². The predicted octanol–water partition coefficient (Wildman–Crippen LogP) is -0.973. The Balaban J connectivity index is 3.18. The van der Waals surface area contributed by atoms with Crippen LogP contribution < -0.4 is 11.2 Å². The highest BCUT2D eigenvalue weighted by atomic mass is 32.2. The molecule has 0 bridgehead atoms. The number of hydrogen-bond acceptors (Lipinski definition) is 6. The molecule has 0 aliphatic rings. The summed E-state index contributed by atoms with van der Waals surface area (Å²) in [6.45, 7) is 2.99. The van der Waals surface area contributed by atoms with Gasteiger partial charge in [0.1, 0.15) is 6.54 Å². The lowest BCUT2D eigenvalue weighted by Gasteiger charge is -2.19. The van der Waals surface area contributed by atoms with E-state index in [-0.39, 0.29) is 13.2 Å². The zero-order chi connectivity index (χ0) is 16.0. The molecule has 1 aromatic heterocycles. The van der Waals surface area contributed by atoms with Crippen LogP contribution >= 0.6 is 0 Å². The van der Waals surface area contributed by atoms with Gasteiger partial charge in [0.2, 0.25) is 0 Å². The average Bonchev–Trinajstić information content (AvgIpc) is 2.38. The number of sulfonamides is 1. The van der Waals surface area contributed by atoms with Crippen molar-refractivity contribution in [2.75, 3.05) is 19.7 Å². The lowest BCUT2D eigenvalue weighted by atomic mass is 10.5. The van der Waals surface area contributed by atoms with Crippen LogP contribution in [0.3, 0.4) is 0 Å². The van der Waals surface area contributed by atoms with Gasteiger partial charge in [-0.05, 0) is 13.3 Å². The van der Waals surface area contributed by atoms with Crippen molar-refractivity contribution in [2.45, 2.75) is 25.2 Å². The van der Waals surface area contributed by atoms with E-state index in [2.05, 4.69) is 4.98 Å². The molecule has 0 saturated carbocycles. The van der Waals surface area contributed by atoms with Crippen LogP contribution in [0.4, 0.5) is 0 Å². The standard InChI is InChI=1S/C11H17N3O6S/c1-3-5-14(7-9(15)20-4-2)21(18,19)8-6-12-11(17)13-10(8)16/h6H,3-5,7H2,1-2H3,(H2,12,13,16,17). The van der Waals surface area contributed by atoms with Gasteiger partial charge < -0.3 is 9.72 Å². The van der Waals surface area contributed by atoms with Gasteiger partial charge in [0.05, 0.1) is 6.61 Å². The maximum atomic E-state index is 12.4. The molecule has 118 valence electrons. The van der Waals surface area contributed by atoms with Gasteiger partial charge in [-0.3, -0.25) is 14.6 Å². The molecule has 0 aliphatic carbocycles. The van der Waals surface area contributed by atoms with Crippen LogP contribution in [-0.2, 0) is 19.6 Å². The Morgan fingerprint density at radius 1 is 1.33 bits per heavy atom. The molecular formula is C11H17N3O6S. The monoisotopic (exact) mass is 319 g/mol. The summed E-state index contributed by atoms with van der Waals surface area (Å²) in [7, 11) is -4.21. The summed E-state index contributed by atoms with van der Waals surface area (Å²) in [6.07, 6.45) is 1.25. The number of aromatic amines is 2. The third-order valence-corrected chi connectivity index (χ3v) is 4.34. The SMILES string of the molecule is CCCN(CC(=O)OCC)S(=O)(=O)c1c[nH]c(=O)[nH]c1=O. The number of ether oxygens (including phenoxy) is 1. The van der Waals surface area contributed by atoms with Gasteiger partial charge in [0, 0.05) is 12.7 Å². The van der Waals surface area contributed by atoms with E-state index in [0.717, 1.165) is 10.5 Å². The fourth-order valence-electron chi connectivity index (χ4n) is 1.61. The van der Waals surface area contributed by atoms with Gasteiger partial charge in [-0.2, -0.15) is 4.31 Å². The molecule has 21 heavy (non-hydrogen) atoms. The Bertz CT molecular complexity index is 705. The van der Waals surface area contributed by atoms with Crippen LogP contribution in [0.2, 0.25) is 0 Å². The maximum absolute atomic E-state index is 12.4. The molecule has 0 fully saturated rings. The van der Waals surface area contributed by atoms with E-state index in [1.54, 1.807) is 13.8 Å². The van der Waals surface area contributed by atoms with E-state index in [1.807, 2.05) is 4.98 Å². The third kappa shape index (κ3) is 4.26. The summed E-state index contributed by atoms with van der Waals surface area (Å²) >= 11 is 0. The largest absolute Gasteiger partial charge is 0.465 e. The number of nitrogens with zero attached hydrogens (tertiary/aromatic N) is 1. The minimum atomic E-state index is -4.21. The summed E-state index contributed by atoms with van der Waals surface area (Å²) in [6, 6.07) is 0. The molecule has 10 heteroatoms. The maximum Gasteiger partial charge on any atom is 0.325 e. The van der Waals surface area contributed by atoms with Crippen molar-refractivity contribution >= 4 is 16.0 Å². The fourth-order valence-corrected chi connectivity index (χ4v) is 3.08. The summed E-state index contributed by atoms with van der Waals surface area (Å²) in [5.74, 6) is -0.713. The molecular weight excluding hydrogens is 302 g/mol. The van der Waals surface area contributed by atoms with Gasteiger partial charge in [0.25, 0.3) is 15.6 Å². The normalized spacial score (nSPS) is 11.6. The molecule has 1 aromatic rings.